The summed E-state index contributed by atoms with van der Waals surface area (Å²) in [5, 5.41) is 0. The summed E-state index contributed by atoms with van der Waals surface area (Å²) in [6.07, 6.45) is 1.68. The lowest BCUT2D eigenvalue weighted by molar-refractivity contribution is 1.50. The molecule has 0 bridgehead atoms. The molecule has 0 aromatic heterocycles. The van der Waals surface area contributed by atoms with Gasteiger partial charge < -0.3 is 0 Å². The first kappa shape index (κ1) is 9.29. The van der Waals surface area contributed by atoms with E-state index in [-0.39, 0.29) is 0 Å². The van der Waals surface area contributed by atoms with Crippen LogP contribution in [-0.4, -0.2) is 10.6 Å². The first-order chi connectivity index (χ1) is 4.16. The van der Waals surface area contributed by atoms with Gasteiger partial charge in [0.05, 0.1) is 0 Å². The molecule has 2 nitrogen and oxygen atoms in total. The molecule has 4 heteroatoms. The minimum atomic E-state index is 0.645. The number of amidine groups is 1. The van der Waals surface area contributed by atoms with Crippen LogP contribution in [0, 0.1) is 0 Å². The van der Waals surface area contributed by atoms with Crippen LogP contribution in [0.4, 0.5) is 0 Å². The van der Waals surface area contributed by atoms with Crippen molar-refractivity contribution < 1.29 is 0 Å². The lowest BCUT2D eigenvalue weighted by atomic mass is 10.7. The van der Waals surface area contributed by atoms with E-state index >= 15 is 0 Å². The number of rotatable bonds is 1. The summed E-state index contributed by atoms with van der Waals surface area (Å²) < 4.78 is 1.62. The summed E-state index contributed by atoms with van der Waals surface area (Å²) in [4.78, 5) is 7.49. The molecule has 0 rings (SSSR count). The summed E-state index contributed by atoms with van der Waals surface area (Å²) in [5.74, 6) is 0. The van der Waals surface area contributed by atoms with E-state index in [9.17, 15) is 0 Å². The van der Waals surface area contributed by atoms with E-state index in [1.54, 1.807) is 6.20 Å². The van der Waals surface area contributed by atoms with Crippen molar-refractivity contribution in [1.29, 1.82) is 0 Å². The monoisotopic (exact) mass is 300 g/mol. The predicted octanol–water partition coefficient (Wildman–Crippen LogP) is 2.73. The van der Waals surface area contributed by atoms with Gasteiger partial charge in [-0.25, -0.2) is 9.98 Å². The first-order valence-electron chi connectivity index (χ1n) is 2.19. The largest absolute Gasteiger partial charge is 0.240 e. The average molecular weight is 301 g/mol. The van der Waals surface area contributed by atoms with Crippen LogP contribution in [0.1, 0.15) is 6.92 Å². The van der Waals surface area contributed by atoms with E-state index in [2.05, 4.69) is 32.6 Å². The molecule has 0 radical (unpaired) electrons. The molecule has 0 aliphatic rings. The summed E-state index contributed by atoms with van der Waals surface area (Å²) in [6.45, 7) is 5.21. The summed E-state index contributed by atoms with van der Waals surface area (Å²) in [5.41, 5.74) is 0. The number of allylic oxidation sites excluding steroid dienone is 1. The molecule has 50 valence electrons. The molecule has 0 amide bonds. The van der Waals surface area contributed by atoms with Gasteiger partial charge in [-0.2, -0.15) is 0 Å². The Labute approximate surface area is 76.4 Å². The normalized spacial score (nSPS) is 13.7. The number of hydrogen-bond acceptors (Lipinski definition) is 1. The SMILES string of the molecule is C=NC(I)=N/C=C(\C)Br. The number of nitrogens with zero attached hydrogens (tertiary/aromatic N) is 2. The fourth-order valence-electron chi connectivity index (χ4n) is 0.183. The molecule has 0 heterocycles. The van der Waals surface area contributed by atoms with Crippen LogP contribution < -0.4 is 0 Å². The van der Waals surface area contributed by atoms with Crippen molar-refractivity contribution in [3.8, 4) is 0 Å². The zero-order chi connectivity index (χ0) is 7.28. The van der Waals surface area contributed by atoms with Gasteiger partial charge >= 0.3 is 0 Å². The van der Waals surface area contributed by atoms with Gasteiger partial charge in [-0.15, -0.1) is 0 Å². The van der Waals surface area contributed by atoms with E-state index < -0.39 is 0 Å². The second kappa shape index (κ2) is 5.10. The topological polar surface area (TPSA) is 24.7 Å². The minimum Gasteiger partial charge on any atom is -0.240 e. The fraction of sp³-hybridized carbons (Fsp3) is 0.200. The van der Waals surface area contributed by atoms with Crippen molar-refractivity contribution in [2.45, 2.75) is 6.92 Å². The molecule has 0 aromatic rings. The summed E-state index contributed by atoms with van der Waals surface area (Å²) in [6, 6.07) is 0. The molecular formula is C5H6BrIN2. The molecule has 0 aliphatic heterocycles. The van der Waals surface area contributed by atoms with E-state index in [1.807, 2.05) is 29.5 Å². The molecule has 9 heavy (non-hydrogen) atoms. The molecule has 0 fully saturated rings. The molecule has 0 spiro atoms. The highest BCUT2D eigenvalue weighted by molar-refractivity contribution is 14.1. The van der Waals surface area contributed by atoms with Crippen LogP contribution in [0.3, 0.4) is 0 Å². The van der Waals surface area contributed by atoms with Gasteiger partial charge in [0.15, 0.2) is 3.84 Å². The number of aliphatic imine (C=N–C) groups is 2. The lowest BCUT2D eigenvalue weighted by Crippen LogP contribution is -1.73. The highest BCUT2D eigenvalue weighted by Crippen LogP contribution is 2.02. The van der Waals surface area contributed by atoms with Gasteiger partial charge in [0.1, 0.15) is 0 Å². The molecule has 0 unspecified atom stereocenters. The molecule has 0 N–H and O–H groups in total. The Morgan fingerprint density at radius 3 is 2.67 bits per heavy atom. The van der Waals surface area contributed by atoms with Crippen LogP contribution in [0.25, 0.3) is 0 Å². The zero-order valence-electron chi connectivity index (χ0n) is 4.93. The van der Waals surface area contributed by atoms with Crippen molar-refractivity contribution in [3.63, 3.8) is 0 Å². The highest BCUT2D eigenvalue weighted by Gasteiger charge is 1.80. The maximum atomic E-state index is 3.91. The second-order valence-corrected chi connectivity index (χ2v) is 3.49. The molecule has 0 atom stereocenters. The first-order valence-corrected chi connectivity index (χ1v) is 4.06. The molecule has 0 saturated heterocycles. The Kier molecular flexibility index (Phi) is 5.27. The Balaban J connectivity index is 3.98. The Bertz CT molecular complexity index is 158. The third-order valence-corrected chi connectivity index (χ3v) is 1.30. The second-order valence-electron chi connectivity index (χ2n) is 1.27. The van der Waals surface area contributed by atoms with Crippen molar-refractivity contribution in [2.24, 2.45) is 9.98 Å². The van der Waals surface area contributed by atoms with E-state index in [4.69, 9.17) is 0 Å². The smallest absolute Gasteiger partial charge is 0.190 e. The van der Waals surface area contributed by atoms with Crippen LogP contribution in [0.2, 0.25) is 0 Å². The van der Waals surface area contributed by atoms with Crippen molar-refractivity contribution >= 4 is 49.1 Å². The van der Waals surface area contributed by atoms with Gasteiger partial charge in [-0.05, 0) is 13.6 Å². The van der Waals surface area contributed by atoms with Crippen molar-refractivity contribution in [2.75, 3.05) is 0 Å². The molecule has 0 aromatic carbocycles. The van der Waals surface area contributed by atoms with Gasteiger partial charge in [0.25, 0.3) is 0 Å². The highest BCUT2D eigenvalue weighted by atomic mass is 127. The minimum absolute atomic E-state index is 0.645. The number of halogens is 2. The Morgan fingerprint density at radius 2 is 2.33 bits per heavy atom. The van der Waals surface area contributed by atoms with Crippen molar-refractivity contribution in [3.05, 3.63) is 10.7 Å². The van der Waals surface area contributed by atoms with Crippen LogP contribution in [0.15, 0.2) is 20.7 Å². The van der Waals surface area contributed by atoms with E-state index in [0.717, 1.165) is 4.48 Å². The van der Waals surface area contributed by atoms with Crippen LogP contribution >= 0.6 is 38.5 Å². The van der Waals surface area contributed by atoms with Crippen LogP contribution in [-0.2, 0) is 0 Å². The predicted molar refractivity (Wildman–Crippen MR) is 53.7 cm³/mol. The lowest BCUT2D eigenvalue weighted by Gasteiger charge is -1.82. The Hall–Kier alpha value is 0.290. The standard InChI is InChI=1S/C5H6BrIN2/c1-4(6)3-9-5(7)8-2/h3H,2H2,1H3/b4-3+,9-5?. The average Bonchev–Trinajstić information content (AvgIpc) is 1.83. The zero-order valence-corrected chi connectivity index (χ0v) is 8.68. The summed E-state index contributed by atoms with van der Waals surface area (Å²) >= 11 is 5.21. The third-order valence-electron chi connectivity index (χ3n) is 0.479. The summed E-state index contributed by atoms with van der Waals surface area (Å²) in [7, 11) is 0. The maximum Gasteiger partial charge on any atom is 0.190 e. The van der Waals surface area contributed by atoms with Gasteiger partial charge in [-0.1, -0.05) is 15.9 Å². The maximum absolute atomic E-state index is 3.91. The van der Waals surface area contributed by atoms with Gasteiger partial charge in [-0.3, -0.25) is 0 Å². The van der Waals surface area contributed by atoms with Gasteiger partial charge in [0.2, 0.25) is 0 Å². The molecule has 0 aliphatic carbocycles. The van der Waals surface area contributed by atoms with Crippen molar-refractivity contribution in [1.82, 2.24) is 0 Å². The van der Waals surface area contributed by atoms with Crippen LogP contribution in [0.5, 0.6) is 0 Å². The molecular weight excluding hydrogens is 295 g/mol. The third kappa shape index (κ3) is 6.17. The van der Waals surface area contributed by atoms with E-state index in [0.29, 0.717) is 3.84 Å². The Morgan fingerprint density at radius 1 is 1.78 bits per heavy atom. The van der Waals surface area contributed by atoms with Gasteiger partial charge in [0, 0.05) is 33.3 Å². The molecule has 0 saturated carbocycles. The number of hydrogen-bond donors (Lipinski definition) is 0. The fourth-order valence-corrected chi connectivity index (χ4v) is 0.425. The van der Waals surface area contributed by atoms with E-state index in [1.165, 1.54) is 0 Å². The quantitative estimate of drug-likeness (QED) is 0.308.